The van der Waals surface area contributed by atoms with Gasteiger partial charge in [0.25, 0.3) is 0 Å². The molecule has 2 heterocycles. The molecule has 0 amide bonds. The third-order valence-electron chi connectivity index (χ3n) is 3.56. The summed E-state index contributed by atoms with van der Waals surface area (Å²) in [6, 6.07) is 0.507. The summed E-state index contributed by atoms with van der Waals surface area (Å²) in [6.07, 6.45) is 3.45. The van der Waals surface area contributed by atoms with Crippen molar-refractivity contribution in [3.8, 4) is 0 Å². The summed E-state index contributed by atoms with van der Waals surface area (Å²) < 4.78 is 24.6. The number of hydrogen-bond acceptors (Lipinski definition) is 4. The van der Waals surface area contributed by atoms with Crippen molar-refractivity contribution in [1.29, 1.82) is 0 Å². The third kappa shape index (κ3) is 3.11. The minimum absolute atomic E-state index is 0.213. The van der Waals surface area contributed by atoms with E-state index in [4.69, 9.17) is 0 Å². The van der Waals surface area contributed by atoms with Gasteiger partial charge in [-0.15, -0.1) is 0 Å². The van der Waals surface area contributed by atoms with Crippen molar-refractivity contribution in [3.63, 3.8) is 0 Å². The lowest BCUT2D eigenvalue weighted by Gasteiger charge is -2.26. The van der Waals surface area contributed by atoms with Crippen molar-refractivity contribution >= 4 is 9.84 Å². The van der Waals surface area contributed by atoms with Crippen LogP contribution in [0.25, 0.3) is 0 Å². The van der Waals surface area contributed by atoms with Gasteiger partial charge in [0.2, 0.25) is 0 Å². The summed E-state index contributed by atoms with van der Waals surface area (Å²) in [4.78, 5) is 0. The van der Waals surface area contributed by atoms with Crippen LogP contribution in [0.5, 0.6) is 0 Å². The van der Waals surface area contributed by atoms with E-state index in [1.54, 1.807) is 0 Å². The molecule has 2 rings (SSSR count). The standard InChI is InChI=1S/C12H21N3O2S/c1-9(12-8-15(3)14-10(12)2)13-11-4-6-18(16,17)7-5-11/h8-9,11,13H,4-7H2,1-3H3. The zero-order chi connectivity index (χ0) is 13.3. The molecule has 102 valence electrons. The number of nitrogens with one attached hydrogen (secondary N) is 1. The molecule has 1 aromatic heterocycles. The lowest BCUT2D eigenvalue weighted by Crippen LogP contribution is -2.38. The zero-order valence-corrected chi connectivity index (χ0v) is 12.0. The first-order valence-electron chi connectivity index (χ1n) is 6.34. The van der Waals surface area contributed by atoms with Crippen LogP contribution < -0.4 is 5.32 Å². The molecular formula is C12H21N3O2S. The molecule has 0 aliphatic carbocycles. The van der Waals surface area contributed by atoms with Crippen LogP contribution in [0.4, 0.5) is 0 Å². The van der Waals surface area contributed by atoms with Crippen LogP contribution in [0.1, 0.15) is 37.1 Å². The van der Waals surface area contributed by atoms with Crippen molar-refractivity contribution in [1.82, 2.24) is 15.1 Å². The van der Waals surface area contributed by atoms with Crippen LogP contribution in [0.2, 0.25) is 0 Å². The van der Waals surface area contributed by atoms with Gasteiger partial charge in [0.05, 0.1) is 17.2 Å². The van der Waals surface area contributed by atoms with E-state index in [2.05, 4.69) is 17.3 Å². The normalized spacial score (nSPS) is 21.9. The third-order valence-corrected chi connectivity index (χ3v) is 5.27. The molecule has 1 saturated heterocycles. The number of aromatic nitrogens is 2. The predicted octanol–water partition coefficient (Wildman–Crippen LogP) is 0.956. The molecule has 0 saturated carbocycles. The smallest absolute Gasteiger partial charge is 0.150 e. The van der Waals surface area contributed by atoms with E-state index in [1.807, 2.05) is 24.9 Å². The van der Waals surface area contributed by atoms with Gasteiger partial charge in [-0.3, -0.25) is 4.68 Å². The molecule has 0 radical (unpaired) electrons. The topological polar surface area (TPSA) is 64.0 Å². The predicted molar refractivity (Wildman–Crippen MR) is 71.2 cm³/mol. The molecule has 1 aliphatic heterocycles. The Morgan fingerprint density at radius 1 is 1.44 bits per heavy atom. The van der Waals surface area contributed by atoms with E-state index < -0.39 is 9.84 Å². The minimum atomic E-state index is -2.78. The van der Waals surface area contributed by atoms with Gasteiger partial charge in [-0.25, -0.2) is 8.42 Å². The van der Waals surface area contributed by atoms with Gasteiger partial charge in [0.1, 0.15) is 9.84 Å². The molecule has 1 unspecified atom stereocenters. The molecule has 1 atom stereocenters. The monoisotopic (exact) mass is 271 g/mol. The first kappa shape index (κ1) is 13.5. The maximum Gasteiger partial charge on any atom is 0.150 e. The molecule has 1 fully saturated rings. The Hall–Kier alpha value is -0.880. The van der Waals surface area contributed by atoms with Crippen molar-refractivity contribution < 1.29 is 8.42 Å². The van der Waals surface area contributed by atoms with Crippen LogP contribution in [0.15, 0.2) is 6.20 Å². The zero-order valence-electron chi connectivity index (χ0n) is 11.2. The fourth-order valence-corrected chi connectivity index (χ4v) is 4.03. The van der Waals surface area contributed by atoms with Gasteiger partial charge >= 0.3 is 0 Å². The van der Waals surface area contributed by atoms with Crippen molar-refractivity contribution in [2.45, 2.75) is 38.8 Å². The first-order valence-corrected chi connectivity index (χ1v) is 8.16. The summed E-state index contributed by atoms with van der Waals surface area (Å²) in [6.45, 7) is 4.10. The maximum absolute atomic E-state index is 11.4. The lowest BCUT2D eigenvalue weighted by molar-refractivity contribution is 0.419. The van der Waals surface area contributed by atoms with Crippen LogP contribution >= 0.6 is 0 Å². The van der Waals surface area contributed by atoms with Gasteiger partial charge in [-0.05, 0) is 26.7 Å². The Balaban J connectivity index is 1.96. The van der Waals surface area contributed by atoms with E-state index in [0.29, 0.717) is 30.4 Å². The molecule has 0 aromatic carbocycles. The van der Waals surface area contributed by atoms with Gasteiger partial charge in [0, 0.05) is 30.9 Å². The minimum Gasteiger partial charge on any atom is -0.307 e. The molecule has 1 N–H and O–H groups in total. The van der Waals surface area contributed by atoms with E-state index in [-0.39, 0.29) is 6.04 Å². The summed E-state index contributed by atoms with van der Waals surface area (Å²) in [7, 11) is -0.864. The quantitative estimate of drug-likeness (QED) is 0.889. The van der Waals surface area contributed by atoms with Crippen LogP contribution in [0, 0.1) is 6.92 Å². The fraction of sp³-hybridized carbons (Fsp3) is 0.750. The molecule has 6 heteroatoms. The molecule has 0 bridgehead atoms. The van der Waals surface area contributed by atoms with Crippen molar-refractivity contribution in [3.05, 3.63) is 17.5 Å². The number of aryl methyl sites for hydroxylation is 2. The summed E-state index contributed by atoms with van der Waals surface area (Å²) >= 11 is 0. The van der Waals surface area contributed by atoms with E-state index in [9.17, 15) is 8.42 Å². The van der Waals surface area contributed by atoms with Gasteiger partial charge in [-0.2, -0.15) is 5.10 Å². The second-order valence-corrected chi connectivity index (χ2v) is 7.46. The highest BCUT2D eigenvalue weighted by Crippen LogP contribution is 2.20. The van der Waals surface area contributed by atoms with Crippen LogP contribution in [-0.4, -0.2) is 35.7 Å². The lowest BCUT2D eigenvalue weighted by atomic mass is 10.1. The number of sulfone groups is 1. The maximum atomic E-state index is 11.4. The SMILES string of the molecule is Cc1nn(C)cc1C(C)NC1CCS(=O)(=O)CC1. The highest BCUT2D eigenvalue weighted by Gasteiger charge is 2.25. The summed E-state index contributed by atoms with van der Waals surface area (Å²) in [5, 5.41) is 7.84. The number of rotatable bonds is 3. The number of hydrogen-bond donors (Lipinski definition) is 1. The fourth-order valence-electron chi connectivity index (χ4n) is 2.54. The average Bonchev–Trinajstić information content (AvgIpc) is 2.61. The molecule has 1 aliphatic rings. The highest BCUT2D eigenvalue weighted by atomic mass is 32.2. The Labute approximate surface area is 108 Å². The Morgan fingerprint density at radius 2 is 2.06 bits per heavy atom. The van der Waals surface area contributed by atoms with Crippen molar-refractivity contribution in [2.24, 2.45) is 7.05 Å². The second-order valence-electron chi connectivity index (χ2n) is 5.16. The number of nitrogens with zero attached hydrogens (tertiary/aromatic N) is 2. The largest absolute Gasteiger partial charge is 0.307 e. The first-order chi connectivity index (χ1) is 8.37. The molecule has 0 spiro atoms. The van der Waals surface area contributed by atoms with E-state index in [1.165, 1.54) is 5.56 Å². The van der Waals surface area contributed by atoms with Gasteiger partial charge in [0.15, 0.2) is 0 Å². The molecule has 5 nitrogen and oxygen atoms in total. The van der Waals surface area contributed by atoms with E-state index >= 15 is 0 Å². The van der Waals surface area contributed by atoms with Crippen LogP contribution in [0.3, 0.4) is 0 Å². The molecule has 1 aromatic rings. The highest BCUT2D eigenvalue weighted by molar-refractivity contribution is 7.91. The average molecular weight is 271 g/mol. The summed E-state index contributed by atoms with van der Waals surface area (Å²) in [5.41, 5.74) is 2.21. The second kappa shape index (κ2) is 5.01. The Morgan fingerprint density at radius 3 is 2.56 bits per heavy atom. The molecule has 18 heavy (non-hydrogen) atoms. The van der Waals surface area contributed by atoms with Gasteiger partial charge < -0.3 is 5.32 Å². The Kier molecular flexibility index (Phi) is 3.77. The molecular weight excluding hydrogens is 250 g/mol. The van der Waals surface area contributed by atoms with Gasteiger partial charge in [-0.1, -0.05) is 0 Å². The summed E-state index contributed by atoms with van der Waals surface area (Å²) in [5.74, 6) is 0.618. The van der Waals surface area contributed by atoms with Crippen molar-refractivity contribution in [2.75, 3.05) is 11.5 Å². The Bertz CT molecular complexity index is 507. The van der Waals surface area contributed by atoms with Crippen LogP contribution in [-0.2, 0) is 16.9 Å². The van der Waals surface area contributed by atoms with E-state index in [0.717, 1.165) is 5.69 Å².